The van der Waals surface area contributed by atoms with Crippen LogP contribution < -0.4 is 10.6 Å². The first-order valence-electron chi connectivity index (χ1n) is 9.83. The smallest absolute Gasteiger partial charge is 0.249 e. The summed E-state index contributed by atoms with van der Waals surface area (Å²) in [7, 11) is 0. The molecule has 1 unspecified atom stereocenters. The Hall–Kier alpha value is -2.41. The summed E-state index contributed by atoms with van der Waals surface area (Å²) in [5, 5.41) is 6.03. The lowest BCUT2D eigenvalue weighted by Gasteiger charge is -2.15. The Morgan fingerprint density at radius 2 is 1.96 bits per heavy atom. The number of ether oxygens (including phenoxy) is 1. The van der Waals surface area contributed by atoms with Crippen molar-refractivity contribution in [1.82, 2.24) is 20.2 Å². The SMILES string of the molecule is O=C(Cn1c(CNC(=O)C2CCCO2)nc2ccccc21)NC1CCCC1. The van der Waals surface area contributed by atoms with E-state index in [0.717, 1.165) is 36.7 Å². The van der Waals surface area contributed by atoms with E-state index in [2.05, 4.69) is 15.6 Å². The summed E-state index contributed by atoms with van der Waals surface area (Å²) < 4.78 is 7.33. The molecular formula is C20H26N4O3. The van der Waals surface area contributed by atoms with Gasteiger partial charge in [0.25, 0.3) is 0 Å². The number of nitrogens with zero attached hydrogens (tertiary/aromatic N) is 2. The Balaban J connectivity index is 1.48. The van der Waals surface area contributed by atoms with Gasteiger partial charge in [0.05, 0.1) is 17.6 Å². The molecule has 0 radical (unpaired) electrons. The van der Waals surface area contributed by atoms with Crippen LogP contribution >= 0.6 is 0 Å². The van der Waals surface area contributed by atoms with Crippen molar-refractivity contribution in [3.05, 3.63) is 30.1 Å². The molecule has 2 aromatic rings. The lowest BCUT2D eigenvalue weighted by molar-refractivity contribution is -0.130. The molecule has 27 heavy (non-hydrogen) atoms. The van der Waals surface area contributed by atoms with Crippen LogP contribution in [0.5, 0.6) is 0 Å². The summed E-state index contributed by atoms with van der Waals surface area (Å²) in [5.41, 5.74) is 1.73. The molecule has 4 rings (SSSR count). The molecule has 1 saturated heterocycles. The number of rotatable bonds is 6. The zero-order valence-electron chi connectivity index (χ0n) is 15.4. The van der Waals surface area contributed by atoms with Gasteiger partial charge in [0.2, 0.25) is 11.8 Å². The number of benzene rings is 1. The Morgan fingerprint density at radius 1 is 1.15 bits per heavy atom. The van der Waals surface area contributed by atoms with Crippen LogP contribution in [0.15, 0.2) is 24.3 Å². The van der Waals surface area contributed by atoms with E-state index in [1.54, 1.807) is 0 Å². The first kappa shape index (κ1) is 18.0. The zero-order valence-corrected chi connectivity index (χ0v) is 15.4. The summed E-state index contributed by atoms with van der Waals surface area (Å²) in [6.07, 6.45) is 5.78. The topological polar surface area (TPSA) is 85.2 Å². The maximum atomic E-state index is 12.5. The Kier molecular flexibility index (Phi) is 5.38. The second-order valence-electron chi connectivity index (χ2n) is 7.37. The fraction of sp³-hybridized carbons (Fsp3) is 0.550. The van der Waals surface area contributed by atoms with Gasteiger partial charge in [-0.2, -0.15) is 0 Å². The highest BCUT2D eigenvalue weighted by Gasteiger charge is 2.24. The van der Waals surface area contributed by atoms with Crippen LogP contribution in [0.3, 0.4) is 0 Å². The van der Waals surface area contributed by atoms with Crippen molar-refractivity contribution in [3.63, 3.8) is 0 Å². The molecule has 144 valence electrons. The molecule has 7 nitrogen and oxygen atoms in total. The van der Waals surface area contributed by atoms with Crippen LogP contribution in [0.4, 0.5) is 0 Å². The Bertz CT molecular complexity index is 820. The van der Waals surface area contributed by atoms with Crippen molar-refractivity contribution in [3.8, 4) is 0 Å². The van der Waals surface area contributed by atoms with Gasteiger partial charge in [0.1, 0.15) is 18.5 Å². The number of nitrogens with one attached hydrogen (secondary N) is 2. The molecule has 1 aliphatic carbocycles. The quantitative estimate of drug-likeness (QED) is 0.813. The number of amides is 2. The predicted octanol–water partition coefficient (Wildman–Crippen LogP) is 1.89. The average Bonchev–Trinajstić information content (AvgIpc) is 3.42. The molecule has 1 aliphatic heterocycles. The Morgan fingerprint density at radius 3 is 2.74 bits per heavy atom. The van der Waals surface area contributed by atoms with Gasteiger partial charge < -0.3 is 19.9 Å². The third-order valence-electron chi connectivity index (χ3n) is 5.40. The number of aromatic nitrogens is 2. The highest BCUT2D eigenvalue weighted by molar-refractivity contribution is 5.82. The third-order valence-corrected chi connectivity index (χ3v) is 5.40. The van der Waals surface area contributed by atoms with Crippen LogP contribution in [-0.4, -0.2) is 40.1 Å². The number of fused-ring (bicyclic) bond motifs is 1. The van der Waals surface area contributed by atoms with E-state index in [1.165, 1.54) is 12.8 Å². The highest BCUT2D eigenvalue weighted by atomic mass is 16.5. The molecule has 1 saturated carbocycles. The van der Waals surface area contributed by atoms with Gasteiger partial charge in [-0.05, 0) is 37.8 Å². The maximum Gasteiger partial charge on any atom is 0.249 e. The van der Waals surface area contributed by atoms with Crippen LogP contribution in [0.25, 0.3) is 11.0 Å². The van der Waals surface area contributed by atoms with Gasteiger partial charge in [-0.3, -0.25) is 9.59 Å². The summed E-state index contributed by atoms with van der Waals surface area (Å²) in [4.78, 5) is 29.4. The molecule has 2 aliphatic rings. The third kappa shape index (κ3) is 4.13. The maximum absolute atomic E-state index is 12.5. The minimum absolute atomic E-state index is 0.00300. The highest BCUT2D eigenvalue weighted by Crippen LogP contribution is 2.19. The number of imidazole rings is 1. The number of para-hydroxylation sites is 2. The van der Waals surface area contributed by atoms with Gasteiger partial charge in [0.15, 0.2) is 0 Å². The molecule has 2 heterocycles. The number of carbonyl (C=O) groups excluding carboxylic acids is 2. The molecule has 2 amide bonds. The van der Waals surface area contributed by atoms with E-state index in [0.29, 0.717) is 12.4 Å². The summed E-state index contributed by atoms with van der Waals surface area (Å²) in [5.74, 6) is 0.572. The Labute approximate surface area is 158 Å². The zero-order chi connectivity index (χ0) is 18.6. The van der Waals surface area contributed by atoms with E-state index in [9.17, 15) is 9.59 Å². The summed E-state index contributed by atoms with van der Waals surface area (Å²) >= 11 is 0. The summed E-state index contributed by atoms with van der Waals surface area (Å²) in [6, 6.07) is 8.02. The van der Waals surface area contributed by atoms with Crippen LogP contribution in [0, 0.1) is 0 Å². The van der Waals surface area contributed by atoms with Gasteiger partial charge in [-0.1, -0.05) is 25.0 Å². The minimum Gasteiger partial charge on any atom is -0.368 e. The number of hydrogen-bond donors (Lipinski definition) is 2. The average molecular weight is 370 g/mol. The molecule has 1 aromatic heterocycles. The lowest BCUT2D eigenvalue weighted by Crippen LogP contribution is -2.37. The molecule has 1 atom stereocenters. The standard InChI is InChI=1S/C20H26N4O3/c25-19(22-14-6-1-2-7-14)13-24-16-9-4-3-8-15(16)23-18(24)12-21-20(26)17-10-5-11-27-17/h3-4,8-9,14,17H,1-2,5-7,10-13H2,(H,21,26)(H,22,25). The first-order chi connectivity index (χ1) is 13.2. The normalized spacial score (nSPS) is 20.2. The van der Waals surface area contributed by atoms with Crippen molar-refractivity contribution >= 4 is 22.8 Å². The molecule has 2 N–H and O–H groups in total. The van der Waals surface area contributed by atoms with Crippen LogP contribution in [0.1, 0.15) is 44.3 Å². The molecule has 0 bridgehead atoms. The van der Waals surface area contributed by atoms with E-state index in [1.807, 2.05) is 28.8 Å². The molecule has 0 spiro atoms. The lowest BCUT2D eigenvalue weighted by atomic mass is 10.2. The number of carbonyl (C=O) groups is 2. The minimum atomic E-state index is -0.367. The molecule has 7 heteroatoms. The van der Waals surface area contributed by atoms with Crippen LogP contribution in [-0.2, 0) is 27.4 Å². The second kappa shape index (κ2) is 8.08. The van der Waals surface area contributed by atoms with E-state index < -0.39 is 0 Å². The van der Waals surface area contributed by atoms with E-state index in [-0.39, 0.29) is 37.0 Å². The fourth-order valence-electron chi connectivity index (χ4n) is 3.99. The molecule has 2 fully saturated rings. The van der Waals surface area contributed by atoms with Gasteiger partial charge >= 0.3 is 0 Å². The van der Waals surface area contributed by atoms with Crippen molar-refractivity contribution in [2.24, 2.45) is 0 Å². The van der Waals surface area contributed by atoms with Crippen molar-refractivity contribution in [2.45, 2.75) is 63.8 Å². The van der Waals surface area contributed by atoms with Crippen molar-refractivity contribution in [2.75, 3.05) is 6.61 Å². The van der Waals surface area contributed by atoms with Crippen LogP contribution in [0.2, 0.25) is 0 Å². The van der Waals surface area contributed by atoms with Gasteiger partial charge in [-0.25, -0.2) is 4.98 Å². The van der Waals surface area contributed by atoms with Crippen molar-refractivity contribution in [1.29, 1.82) is 0 Å². The summed E-state index contributed by atoms with van der Waals surface area (Å²) in [6.45, 7) is 1.13. The first-order valence-corrected chi connectivity index (χ1v) is 9.83. The van der Waals surface area contributed by atoms with Crippen molar-refractivity contribution < 1.29 is 14.3 Å². The largest absolute Gasteiger partial charge is 0.368 e. The van der Waals surface area contributed by atoms with E-state index >= 15 is 0 Å². The van der Waals surface area contributed by atoms with Gasteiger partial charge in [-0.15, -0.1) is 0 Å². The fourth-order valence-corrected chi connectivity index (χ4v) is 3.99. The molecular weight excluding hydrogens is 344 g/mol. The predicted molar refractivity (Wildman–Crippen MR) is 101 cm³/mol. The van der Waals surface area contributed by atoms with E-state index in [4.69, 9.17) is 4.74 Å². The monoisotopic (exact) mass is 370 g/mol. The second-order valence-corrected chi connectivity index (χ2v) is 7.37. The number of hydrogen-bond acceptors (Lipinski definition) is 4. The van der Waals surface area contributed by atoms with Gasteiger partial charge in [0, 0.05) is 12.6 Å². The molecule has 1 aromatic carbocycles.